The summed E-state index contributed by atoms with van der Waals surface area (Å²) in [5.41, 5.74) is 3.05. The summed E-state index contributed by atoms with van der Waals surface area (Å²) in [5, 5.41) is 19.0. The second kappa shape index (κ2) is 8.57. The van der Waals surface area contributed by atoms with Crippen molar-refractivity contribution in [3.05, 3.63) is 92.8 Å². The molecule has 1 heterocycles. The molecule has 3 aromatic carbocycles. The number of nitrogens with zero attached hydrogens (tertiary/aromatic N) is 2. The minimum atomic E-state index is -0.548. The van der Waals surface area contributed by atoms with Crippen LogP contribution in [0.4, 0.5) is 4.39 Å². The van der Waals surface area contributed by atoms with E-state index in [9.17, 15) is 14.3 Å². The molecule has 0 fully saturated rings. The molecule has 2 N–H and O–H groups in total. The van der Waals surface area contributed by atoms with E-state index in [0.29, 0.717) is 22.5 Å². The Morgan fingerprint density at radius 1 is 1.13 bits per heavy atom. The number of phenolic OH excluding ortho intramolecular Hbond substituents is 1. The van der Waals surface area contributed by atoms with Crippen LogP contribution in [0.15, 0.2) is 54.6 Å². The number of aromatic hydroxyl groups is 1. The van der Waals surface area contributed by atoms with Crippen LogP contribution in [0.25, 0.3) is 10.9 Å². The first-order valence-corrected chi connectivity index (χ1v) is 10.2. The minimum Gasteiger partial charge on any atom is -0.507 e. The van der Waals surface area contributed by atoms with Gasteiger partial charge in [0.15, 0.2) is 0 Å². The zero-order valence-electron chi connectivity index (χ0n) is 16.5. The smallest absolute Gasteiger partial charge is 0.257 e. The molecule has 0 radical (unpaired) electrons. The van der Waals surface area contributed by atoms with Crippen LogP contribution >= 0.6 is 23.2 Å². The molecule has 0 aliphatic heterocycles. The normalized spacial score (nSPS) is 11.1. The number of amides is 1. The fourth-order valence-electron chi connectivity index (χ4n) is 3.44. The Morgan fingerprint density at radius 2 is 1.94 bits per heavy atom. The molecule has 0 aliphatic carbocycles. The minimum absolute atomic E-state index is 0.0213. The van der Waals surface area contributed by atoms with E-state index in [1.165, 1.54) is 23.1 Å². The molecule has 0 spiro atoms. The zero-order valence-corrected chi connectivity index (χ0v) is 18.0. The quantitative estimate of drug-likeness (QED) is 0.411. The van der Waals surface area contributed by atoms with Crippen molar-refractivity contribution in [3.8, 4) is 5.75 Å². The summed E-state index contributed by atoms with van der Waals surface area (Å²) >= 11 is 11.8. The van der Waals surface area contributed by atoms with Gasteiger partial charge in [0.1, 0.15) is 11.6 Å². The molecule has 158 valence electrons. The Labute approximate surface area is 188 Å². The highest BCUT2D eigenvalue weighted by atomic mass is 35.5. The van der Waals surface area contributed by atoms with Crippen molar-refractivity contribution in [1.82, 2.24) is 15.1 Å². The summed E-state index contributed by atoms with van der Waals surface area (Å²) in [7, 11) is 1.58. The van der Waals surface area contributed by atoms with E-state index in [1.54, 1.807) is 25.2 Å². The number of rotatable bonds is 5. The SMILES string of the molecule is CN(Cc1ccc(Cl)c(F)c1)C(=O)c1cc2c(Cc3cccc(Cl)c3)n[nH]c2cc1O. The monoisotopic (exact) mass is 457 g/mol. The van der Waals surface area contributed by atoms with E-state index in [-0.39, 0.29) is 22.9 Å². The van der Waals surface area contributed by atoms with Crippen molar-refractivity contribution in [3.63, 3.8) is 0 Å². The lowest BCUT2D eigenvalue weighted by atomic mass is 10.0. The van der Waals surface area contributed by atoms with Crippen molar-refractivity contribution >= 4 is 40.0 Å². The molecule has 4 aromatic rings. The summed E-state index contributed by atoms with van der Waals surface area (Å²) in [6, 6.07) is 14.9. The van der Waals surface area contributed by atoms with Gasteiger partial charge in [-0.3, -0.25) is 9.89 Å². The maximum atomic E-state index is 13.7. The third-order valence-electron chi connectivity index (χ3n) is 5.00. The van der Waals surface area contributed by atoms with Crippen LogP contribution in [-0.4, -0.2) is 33.2 Å². The van der Waals surface area contributed by atoms with Crippen LogP contribution in [0.1, 0.15) is 27.2 Å². The van der Waals surface area contributed by atoms with Crippen molar-refractivity contribution in [2.24, 2.45) is 0 Å². The van der Waals surface area contributed by atoms with Gasteiger partial charge in [0.25, 0.3) is 5.91 Å². The number of carbonyl (C=O) groups excluding carboxylic acids is 1. The molecule has 0 saturated carbocycles. The number of aromatic nitrogens is 2. The standard InChI is InChI=1S/C23H18Cl2FN3O2/c1-29(12-14-5-6-18(25)19(26)8-14)23(31)17-10-16-20(27-28-21(16)11-22(17)30)9-13-3-2-4-15(24)7-13/h2-8,10-11,30H,9,12H2,1H3,(H,27,28). The van der Waals surface area contributed by atoms with Crippen LogP contribution in [0.5, 0.6) is 5.75 Å². The third-order valence-corrected chi connectivity index (χ3v) is 5.54. The first-order chi connectivity index (χ1) is 14.8. The van der Waals surface area contributed by atoms with Gasteiger partial charge in [-0.05, 0) is 41.5 Å². The van der Waals surface area contributed by atoms with Gasteiger partial charge in [-0.25, -0.2) is 4.39 Å². The van der Waals surface area contributed by atoms with E-state index in [0.717, 1.165) is 16.6 Å². The lowest BCUT2D eigenvalue weighted by molar-refractivity contribution is 0.0782. The van der Waals surface area contributed by atoms with E-state index in [1.807, 2.05) is 18.2 Å². The lowest BCUT2D eigenvalue weighted by Gasteiger charge is -2.18. The van der Waals surface area contributed by atoms with Gasteiger partial charge in [0.2, 0.25) is 0 Å². The summed E-state index contributed by atoms with van der Waals surface area (Å²) in [4.78, 5) is 14.4. The van der Waals surface area contributed by atoms with E-state index in [4.69, 9.17) is 23.2 Å². The van der Waals surface area contributed by atoms with Crippen LogP contribution < -0.4 is 0 Å². The van der Waals surface area contributed by atoms with Gasteiger partial charge < -0.3 is 10.0 Å². The summed E-state index contributed by atoms with van der Waals surface area (Å²) in [5.74, 6) is -1.11. The molecule has 31 heavy (non-hydrogen) atoms. The third kappa shape index (κ3) is 4.50. The maximum absolute atomic E-state index is 13.7. The molecular formula is C23H18Cl2FN3O2. The Morgan fingerprint density at radius 3 is 2.68 bits per heavy atom. The second-order valence-electron chi connectivity index (χ2n) is 7.30. The van der Waals surface area contributed by atoms with E-state index >= 15 is 0 Å². The summed E-state index contributed by atoms with van der Waals surface area (Å²) in [6.07, 6.45) is 0.513. The lowest BCUT2D eigenvalue weighted by Crippen LogP contribution is -2.26. The largest absolute Gasteiger partial charge is 0.507 e. The number of benzene rings is 3. The highest BCUT2D eigenvalue weighted by Gasteiger charge is 2.19. The highest BCUT2D eigenvalue weighted by molar-refractivity contribution is 6.31. The highest BCUT2D eigenvalue weighted by Crippen LogP contribution is 2.28. The fourth-order valence-corrected chi connectivity index (χ4v) is 3.77. The Bertz CT molecular complexity index is 1290. The van der Waals surface area contributed by atoms with Crippen molar-refractivity contribution in [2.75, 3.05) is 7.05 Å². The molecule has 1 amide bonds. The number of nitrogens with one attached hydrogen (secondary N) is 1. The van der Waals surface area contributed by atoms with Crippen molar-refractivity contribution in [2.45, 2.75) is 13.0 Å². The van der Waals surface area contributed by atoms with Gasteiger partial charge in [0, 0.05) is 36.5 Å². The number of hydrogen-bond acceptors (Lipinski definition) is 3. The van der Waals surface area contributed by atoms with Gasteiger partial charge >= 0.3 is 0 Å². The zero-order chi connectivity index (χ0) is 22.1. The average Bonchev–Trinajstić information content (AvgIpc) is 3.11. The van der Waals surface area contributed by atoms with Gasteiger partial charge in [-0.1, -0.05) is 41.4 Å². The van der Waals surface area contributed by atoms with E-state index < -0.39 is 11.7 Å². The summed E-state index contributed by atoms with van der Waals surface area (Å²) in [6.45, 7) is 0.158. The molecule has 0 unspecified atom stereocenters. The molecule has 0 bridgehead atoms. The molecule has 5 nitrogen and oxygen atoms in total. The first kappa shape index (κ1) is 21.2. The number of H-pyrrole nitrogens is 1. The van der Waals surface area contributed by atoms with Crippen molar-refractivity contribution in [1.29, 1.82) is 0 Å². The molecule has 0 aliphatic rings. The fraction of sp³-hybridized carbons (Fsp3) is 0.130. The number of halogens is 3. The second-order valence-corrected chi connectivity index (χ2v) is 8.15. The number of phenols is 1. The van der Waals surface area contributed by atoms with Crippen LogP contribution in [0.3, 0.4) is 0 Å². The average molecular weight is 458 g/mol. The van der Waals surface area contributed by atoms with E-state index in [2.05, 4.69) is 10.2 Å². The number of carbonyl (C=O) groups is 1. The molecular weight excluding hydrogens is 440 g/mol. The first-order valence-electron chi connectivity index (χ1n) is 9.45. The molecule has 4 rings (SSSR count). The predicted molar refractivity (Wildman–Crippen MR) is 119 cm³/mol. The van der Waals surface area contributed by atoms with Gasteiger partial charge in [-0.2, -0.15) is 5.10 Å². The maximum Gasteiger partial charge on any atom is 0.257 e. The van der Waals surface area contributed by atoms with Crippen LogP contribution in [-0.2, 0) is 13.0 Å². The van der Waals surface area contributed by atoms with Gasteiger partial charge in [-0.15, -0.1) is 0 Å². The molecule has 8 heteroatoms. The van der Waals surface area contributed by atoms with Crippen molar-refractivity contribution < 1.29 is 14.3 Å². The van der Waals surface area contributed by atoms with Crippen LogP contribution in [0.2, 0.25) is 10.0 Å². The molecule has 0 atom stereocenters. The number of hydrogen-bond donors (Lipinski definition) is 2. The molecule has 1 aromatic heterocycles. The number of aromatic amines is 1. The Hall–Kier alpha value is -3.09. The van der Waals surface area contributed by atoms with Gasteiger partial charge in [0.05, 0.1) is 21.8 Å². The predicted octanol–water partition coefficient (Wildman–Crippen LogP) is 5.58. The number of fused-ring (bicyclic) bond motifs is 1. The topological polar surface area (TPSA) is 69.2 Å². The summed E-state index contributed by atoms with van der Waals surface area (Å²) < 4.78 is 13.7. The Balaban J connectivity index is 1.62. The Kier molecular flexibility index (Phi) is 5.85. The van der Waals surface area contributed by atoms with Crippen LogP contribution in [0, 0.1) is 5.82 Å². The molecule has 0 saturated heterocycles.